The van der Waals surface area contributed by atoms with E-state index in [9.17, 15) is 9.59 Å². The molecule has 4 nitrogen and oxygen atoms in total. The standard InChI is InChI=1S/C17H18N2O2S/c1-12-7-8-15(22-12)10-18-17(21)13-9-16(20)19(11-13)14-5-3-2-4-6-14/h2-8,13H,9-11H2,1H3,(H,18,21)/t13-/m0/s1. The van der Waals surface area contributed by atoms with Gasteiger partial charge >= 0.3 is 0 Å². The van der Waals surface area contributed by atoms with Crippen LogP contribution < -0.4 is 10.2 Å². The lowest BCUT2D eigenvalue weighted by Gasteiger charge is -2.16. The van der Waals surface area contributed by atoms with E-state index in [4.69, 9.17) is 0 Å². The van der Waals surface area contributed by atoms with Crippen LogP contribution in [0.1, 0.15) is 16.2 Å². The van der Waals surface area contributed by atoms with Crippen LogP contribution in [0.15, 0.2) is 42.5 Å². The predicted molar refractivity (Wildman–Crippen MR) is 87.8 cm³/mol. The summed E-state index contributed by atoms with van der Waals surface area (Å²) in [5.41, 5.74) is 0.858. The van der Waals surface area contributed by atoms with E-state index in [1.165, 1.54) is 4.88 Å². The van der Waals surface area contributed by atoms with Crippen molar-refractivity contribution < 1.29 is 9.59 Å². The summed E-state index contributed by atoms with van der Waals surface area (Å²) in [6.07, 6.45) is 0.282. The molecule has 3 rings (SSSR count). The lowest BCUT2D eigenvalue weighted by atomic mass is 10.1. The number of rotatable bonds is 4. The normalized spacial score (nSPS) is 17.8. The third-order valence-electron chi connectivity index (χ3n) is 3.80. The average molecular weight is 314 g/mol. The minimum Gasteiger partial charge on any atom is -0.351 e. The van der Waals surface area contributed by atoms with Gasteiger partial charge in [-0.1, -0.05) is 18.2 Å². The number of nitrogens with zero attached hydrogens (tertiary/aromatic N) is 1. The molecule has 1 atom stereocenters. The molecule has 22 heavy (non-hydrogen) atoms. The van der Waals surface area contributed by atoms with E-state index < -0.39 is 0 Å². The molecule has 0 aliphatic carbocycles. The maximum Gasteiger partial charge on any atom is 0.227 e. The third kappa shape index (κ3) is 3.20. The number of carbonyl (C=O) groups is 2. The molecule has 0 unspecified atom stereocenters. The zero-order chi connectivity index (χ0) is 15.5. The number of carbonyl (C=O) groups excluding carboxylic acids is 2. The van der Waals surface area contributed by atoms with Crippen molar-refractivity contribution in [2.75, 3.05) is 11.4 Å². The highest BCUT2D eigenvalue weighted by Gasteiger charge is 2.34. The van der Waals surface area contributed by atoms with E-state index in [0.29, 0.717) is 13.1 Å². The number of aryl methyl sites for hydroxylation is 1. The summed E-state index contributed by atoms with van der Waals surface area (Å²) in [6, 6.07) is 13.6. The third-order valence-corrected chi connectivity index (χ3v) is 4.80. The molecule has 0 radical (unpaired) electrons. The number of benzene rings is 1. The number of hydrogen-bond donors (Lipinski definition) is 1. The van der Waals surface area contributed by atoms with Crippen LogP contribution in [-0.2, 0) is 16.1 Å². The van der Waals surface area contributed by atoms with Crippen molar-refractivity contribution in [1.29, 1.82) is 0 Å². The molecule has 2 aromatic rings. The number of thiophene rings is 1. The Bertz CT molecular complexity index is 681. The van der Waals surface area contributed by atoms with Gasteiger partial charge in [0.1, 0.15) is 0 Å². The van der Waals surface area contributed by atoms with Gasteiger partial charge < -0.3 is 10.2 Å². The molecule has 1 N–H and O–H groups in total. The Balaban J connectivity index is 1.59. The first-order valence-electron chi connectivity index (χ1n) is 7.32. The van der Waals surface area contributed by atoms with Crippen LogP contribution in [0, 0.1) is 12.8 Å². The molecule has 2 heterocycles. The van der Waals surface area contributed by atoms with Crippen molar-refractivity contribution in [3.63, 3.8) is 0 Å². The van der Waals surface area contributed by atoms with Crippen molar-refractivity contribution >= 4 is 28.8 Å². The molecule has 1 aromatic heterocycles. The minimum atomic E-state index is -0.270. The second kappa shape index (κ2) is 6.32. The number of para-hydroxylation sites is 1. The van der Waals surface area contributed by atoms with Gasteiger partial charge in [0.15, 0.2) is 0 Å². The Hall–Kier alpha value is -2.14. The van der Waals surface area contributed by atoms with Crippen molar-refractivity contribution in [2.24, 2.45) is 5.92 Å². The van der Waals surface area contributed by atoms with Crippen LogP contribution in [0.3, 0.4) is 0 Å². The maximum absolute atomic E-state index is 12.3. The number of anilines is 1. The molecular weight excluding hydrogens is 296 g/mol. The molecular formula is C17H18N2O2S. The summed E-state index contributed by atoms with van der Waals surface area (Å²) in [5.74, 6) is -0.301. The zero-order valence-corrected chi connectivity index (χ0v) is 13.2. The molecule has 1 aliphatic heterocycles. The molecule has 114 valence electrons. The van der Waals surface area contributed by atoms with E-state index in [0.717, 1.165) is 10.6 Å². The average Bonchev–Trinajstić information content (AvgIpc) is 3.12. The van der Waals surface area contributed by atoms with E-state index in [-0.39, 0.29) is 24.2 Å². The fourth-order valence-electron chi connectivity index (χ4n) is 2.64. The molecule has 1 fully saturated rings. The first-order valence-corrected chi connectivity index (χ1v) is 8.13. The topological polar surface area (TPSA) is 49.4 Å². The Morgan fingerprint density at radius 2 is 2.05 bits per heavy atom. The van der Waals surface area contributed by atoms with Crippen molar-refractivity contribution in [1.82, 2.24) is 5.32 Å². The van der Waals surface area contributed by atoms with Crippen LogP contribution in [0.2, 0.25) is 0 Å². The first kappa shape index (κ1) is 14.8. The zero-order valence-electron chi connectivity index (χ0n) is 12.4. The highest BCUT2D eigenvalue weighted by molar-refractivity contribution is 7.11. The minimum absolute atomic E-state index is 0.0123. The summed E-state index contributed by atoms with van der Waals surface area (Å²) >= 11 is 1.68. The van der Waals surface area contributed by atoms with Crippen LogP contribution in [0.25, 0.3) is 0 Å². The molecule has 1 aliphatic rings. The van der Waals surface area contributed by atoms with Crippen LogP contribution in [0.5, 0.6) is 0 Å². The van der Waals surface area contributed by atoms with E-state index in [1.807, 2.05) is 49.4 Å². The van der Waals surface area contributed by atoms with E-state index >= 15 is 0 Å². The van der Waals surface area contributed by atoms with Gasteiger partial charge in [0.05, 0.1) is 12.5 Å². The largest absolute Gasteiger partial charge is 0.351 e. The molecule has 0 saturated carbocycles. The van der Waals surface area contributed by atoms with Gasteiger partial charge in [0, 0.05) is 28.4 Å². The SMILES string of the molecule is Cc1ccc(CNC(=O)[C@H]2CC(=O)N(c3ccccc3)C2)s1. The van der Waals surface area contributed by atoms with E-state index in [1.54, 1.807) is 16.2 Å². The van der Waals surface area contributed by atoms with Crippen molar-refractivity contribution in [3.8, 4) is 0 Å². The second-order valence-electron chi connectivity index (χ2n) is 5.47. The summed E-state index contributed by atoms with van der Waals surface area (Å²) in [4.78, 5) is 28.4. The summed E-state index contributed by atoms with van der Waals surface area (Å²) < 4.78 is 0. The van der Waals surface area contributed by atoms with Gasteiger partial charge in [-0.05, 0) is 31.2 Å². The molecule has 1 aromatic carbocycles. The smallest absolute Gasteiger partial charge is 0.227 e. The molecule has 1 saturated heterocycles. The van der Waals surface area contributed by atoms with Crippen molar-refractivity contribution in [3.05, 3.63) is 52.2 Å². The number of amides is 2. The van der Waals surface area contributed by atoms with Crippen molar-refractivity contribution in [2.45, 2.75) is 19.9 Å². The monoisotopic (exact) mass is 314 g/mol. The first-order chi connectivity index (χ1) is 10.6. The Kier molecular flexibility index (Phi) is 4.24. The van der Waals surface area contributed by atoms with Gasteiger partial charge in [0.2, 0.25) is 11.8 Å². The summed E-state index contributed by atoms with van der Waals surface area (Å²) in [6.45, 7) is 3.04. The maximum atomic E-state index is 12.3. The highest BCUT2D eigenvalue weighted by Crippen LogP contribution is 2.25. The van der Waals surface area contributed by atoms with Crippen LogP contribution in [0.4, 0.5) is 5.69 Å². The fraction of sp³-hybridized carbons (Fsp3) is 0.294. The predicted octanol–water partition coefficient (Wildman–Crippen LogP) is 2.73. The Morgan fingerprint density at radius 1 is 1.27 bits per heavy atom. The molecule has 0 spiro atoms. The Labute approximate surface area is 133 Å². The molecule has 2 amide bonds. The lowest BCUT2D eigenvalue weighted by molar-refractivity contribution is -0.126. The fourth-order valence-corrected chi connectivity index (χ4v) is 3.47. The Morgan fingerprint density at radius 3 is 2.73 bits per heavy atom. The number of nitrogens with one attached hydrogen (secondary N) is 1. The van der Waals surface area contributed by atoms with Gasteiger partial charge in [0.25, 0.3) is 0 Å². The van der Waals surface area contributed by atoms with E-state index in [2.05, 4.69) is 5.32 Å². The van der Waals surface area contributed by atoms with Gasteiger partial charge in [-0.25, -0.2) is 0 Å². The lowest BCUT2D eigenvalue weighted by Crippen LogP contribution is -2.32. The van der Waals surface area contributed by atoms with Gasteiger partial charge in [-0.2, -0.15) is 0 Å². The quantitative estimate of drug-likeness (QED) is 0.943. The van der Waals surface area contributed by atoms with Gasteiger partial charge in [-0.15, -0.1) is 11.3 Å². The van der Waals surface area contributed by atoms with Crippen LogP contribution >= 0.6 is 11.3 Å². The molecule has 5 heteroatoms. The van der Waals surface area contributed by atoms with Gasteiger partial charge in [-0.3, -0.25) is 9.59 Å². The summed E-state index contributed by atoms with van der Waals surface area (Å²) in [5, 5.41) is 2.94. The summed E-state index contributed by atoms with van der Waals surface area (Å²) in [7, 11) is 0. The second-order valence-corrected chi connectivity index (χ2v) is 6.84. The number of hydrogen-bond acceptors (Lipinski definition) is 3. The highest BCUT2D eigenvalue weighted by atomic mass is 32.1. The molecule has 0 bridgehead atoms. The van der Waals surface area contributed by atoms with Crippen LogP contribution in [-0.4, -0.2) is 18.4 Å².